The van der Waals surface area contributed by atoms with Crippen LogP contribution in [-0.2, 0) is 0 Å². The van der Waals surface area contributed by atoms with Crippen molar-refractivity contribution in [2.45, 2.75) is 13.0 Å². The molecule has 1 unspecified atom stereocenters. The zero-order chi connectivity index (χ0) is 11.0. The normalized spacial score (nSPS) is 13.1. The van der Waals surface area contributed by atoms with Crippen molar-refractivity contribution in [2.24, 2.45) is 0 Å². The van der Waals surface area contributed by atoms with Gasteiger partial charge in [0.05, 0.1) is 16.6 Å². The van der Waals surface area contributed by atoms with E-state index in [0.29, 0.717) is 15.7 Å². The van der Waals surface area contributed by atoms with Crippen LogP contribution >= 0.6 is 23.2 Å². The third-order valence-electron chi connectivity index (χ3n) is 2.25. The summed E-state index contributed by atoms with van der Waals surface area (Å²) < 4.78 is 0. The lowest BCUT2D eigenvalue weighted by molar-refractivity contribution is 0.199. The van der Waals surface area contributed by atoms with Gasteiger partial charge in [0.25, 0.3) is 0 Å². The molecule has 4 heteroatoms. The number of pyridine rings is 1. The molecule has 1 aromatic heterocycles. The summed E-state index contributed by atoms with van der Waals surface area (Å²) >= 11 is 11.9. The van der Waals surface area contributed by atoms with Crippen molar-refractivity contribution in [3.05, 3.63) is 40.0 Å². The fourth-order valence-electron chi connectivity index (χ4n) is 1.48. The molecule has 0 aliphatic carbocycles. The molecule has 78 valence electrons. The molecule has 1 heterocycles. The zero-order valence-electron chi connectivity index (χ0n) is 8.04. The summed E-state index contributed by atoms with van der Waals surface area (Å²) in [5, 5.41) is 11.3. The summed E-state index contributed by atoms with van der Waals surface area (Å²) in [6, 6.07) is 7.05. The molecule has 0 aliphatic rings. The molecule has 1 N–H and O–H groups in total. The summed E-state index contributed by atoms with van der Waals surface area (Å²) in [7, 11) is 0. The number of aromatic nitrogens is 1. The number of aliphatic hydroxyl groups is 1. The van der Waals surface area contributed by atoms with E-state index in [-0.39, 0.29) is 0 Å². The zero-order valence-corrected chi connectivity index (χ0v) is 9.55. The van der Waals surface area contributed by atoms with Gasteiger partial charge in [-0.15, -0.1) is 0 Å². The van der Waals surface area contributed by atoms with Crippen LogP contribution in [0, 0.1) is 0 Å². The minimum Gasteiger partial charge on any atom is -0.389 e. The predicted molar refractivity (Wildman–Crippen MR) is 62.4 cm³/mol. The van der Waals surface area contributed by atoms with E-state index in [1.54, 1.807) is 31.2 Å². The van der Waals surface area contributed by atoms with E-state index >= 15 is 0 Å². The molecule has 2 aromatic rings. The fourth-order valence-corrected chi connectivity index (χ4v) is 2.02. The molecule has 0 saturated heterocycles. The monoisotopic (exact) mass is 241 g/mol. The number of hydrogen-bond donors (Lipinski definition) is 1. The summed E-state index contributed by atoms with van der Waals surface area (Å²) in [4.78, 5) is 4.14. The third-order valence-corrected chi connectivity index (χ3v) is 2.88. The van der Waals surface area contributed by atoms with Crippen molar-refractivity contribution in [3.8, 4) is 0 Å². The molecule has 0 spiro atoms. The lowest BCUT2D eigenvalue weighted by atomic mass is 10.1. The summed E-state index contributed by atoms with van der Waals surface area (Å²) in [5.74, 6) is 0. The number of halogens is 2. The van der Waals surface area contributed by atoms with Crippen molar-refractivity contribution in [3.63, 3.8) is 0 Å². The Hall–Kier alpha value is -0.830. The minimum atomic E-state index is -0.586. The second-order valence-corrected chi connectivity index (χ2v) is 4.11. The van der Waals surface area contributed by atoms with Gasteiger partial charge < -0.3 is 5.11 Å². The van der Waals surface area contributed by atoms with E-state index in [1.165, 1.54) is 0 Å². The first-order chi connectivity index (χ1) is 7.09. The van der Waals surface area contributed by atoms with E-state index in [9.17, 15) is 5.11 Å². The largest absolute Gasteiger partial charge is 0.389 e. The molecule has 0 amide bonds. The van der Waals surface area contributed by atoms with Crippen LogP contribution in [0.1, 0.15) is 18.6 Å². The molecule has 2 nitrogen and oxygen atoms in total. The van der Waals surface area contributed by atoms with Crippen LogP contribution < -0.4 is 0 Å². The second-order valence-electron chi connectivity index (χ2n) is 3.35. The van der Waals surface area contributed by atoms with E-state index in [4.69, 9.17) is 23.2 Å². The molecule has 1 aromatic carbocycles. The van der Waals surface area contributed by atoms with Gasteiger partial charge in [0.1, 0.15) is 5.15 Å². The first-order valence-electron chi connectivity index (χ1n) is 4.52. The van der Waals surface area contributed by atoms with Gasteiger partial charge in [0, 0.05) is 5.39 Å². The average Bonchev–Trinajstić information content (AvgIpc) is 2.17. The van der Waals surface area contributed by atoms with Crippen LogP contribution in [0.25, 0.3) is 10.9 Å². The lowest BCUT2D eigenvalue weighted by Crippen LogP contribution is -1.93. The summed E-state index contributed by atoms with van der Waals surface area (Å²) in [5.41, 5.74) is 1.44. The molecule has 2 rings (SSSR count). The fraction of sp³-hybridized carbons (Fsp3) is 0.182. The molecule has 1 atom stereocenters. The number of rotatable bonds is 1. The molecule has 15 heavy (non-hydrogen) atoms. The maximum Gasteiger partial charge on any atom is 0.129 e. The van der Waals surface area contributed by atoms with E-state index in [0.717, 1.165) is 10.9 Å². The Balaban J connectivity index is 2.74. The smallest absolute Gasteiger partial charge is 0.129 e. The quantitative estimate of drug-likeness (QED) is 0.775. The third kappa shape index (κ3) is 1.93. The molecule has 0 radical (unpaired) electrons. The van der Waals surface area contributed by atoms with E-state index in [1.807, 2.05) is 0 Å². The first kappa shape index (κ1) is 10.7. The maximum absolute atomic E-state index is 9.49. The lowest BCUT2D eigenvalue weighted by Gasteiger charge is -2.09. The molecule has 0 bridgehead atoms. The Morgan fingerprint density at radius 3 is 2.60 bits per heavy atom. The Labute approximate surface area is 97.5 Å². The van der Waals surface area contributed by atoms with Gasteiger partial charge in [0.2, 0.25) is 0 Å². The topological polar surface area (TPSA) is 33.1 Å². The number of benzene rings is 1. The van der Waals surface area contributed by atoms with Gasteiger partial charge in [-0.05, 0) is 30.7 Å². The number of aliphatic hydroxyl groups excluding tert-OH is 1. The second kappa shape index (κ2) is 3.97. The van der Waals surface area contributed by atoms with Gasteiger partial charge in [-0.2, -0.15) is 0 Å². The van der Waals surface area contributed by atoms with Crippen LogP contribution in [-0.4, -0.2) is 10.1 Å². The molecule has 0 aliphatic heterocycles. The van der Waals surface area contributed by atoms with Crippen molar-refractivity contribution < 1.29 is 5.11 Å². The highest BCUT2D eigenvalue weighted by Gasteiger charge is 2.10. The van der Waals surface area contributed by atoms with Gasteiger partial charge >= 0.3 is 0 Å². The van der Waals surface area contributed by atoms with E-state index in [2.05, 4.69) is 4.98 Å². The van der Waals surface area contributed by atoms with Crippen LogP contribution in [0.15, 0.2) is 24.3 Å². The maximum atomic E-state index is 9.49. The standard InChI is InChI=1S/C11H9Cl2NO/c1-6(15)7-2-4-9-8(11(7)13)3-5-10(12)14-9/h2-6,15H,1H3. The van der Waals surface area contributed by atoms with Crippen molar-refractivity contribution >= 4 is 34.1 Å². The SMILES string of the molecule is CC(O)c1ccc2nc(Cl)ccc2c1Cl. The number of nitrogens with zero attached hydrogens (tertiary/aromatic N) is 1. The van der Waals surface area contributed by atoms with Crippen molar-refractivity contribution in [2.75, 3.05) is 0 Å². The Morgan fingerprint density at radius 1 is 1.20 bits per heavy atom. The number of fused-ring (bicyclic) bond motifs is 1. The highest BCUT2D eigenvalue weighted by Crippen LogP contribution is 2.30. The molecular weight excluding hydrogens is 233 g/mol. The van der Waals surface area contributed by atoms with Gasteiger partial charge in [-0.25, -0.2) is 4.98 Å². The Bertz CT molecular complexity index is 511. The van der Waals surface area contributed by atoms with Crippen molar-refractivity contribution in [1.29, 1.82) is 0 Å². The highest BCUT2D eigenvalue weighted by atomic mass is 35.5. The number of hydrogen-bond acceptors (Lipinski definition) is 2. The molecule has 0 fully saturated rings. The minimum absolute atomic E-state index is 0.434. The van der Waals surface area contributed by atoms with E-state index < -0.39 is 6.10 Å². The first-order valence-corrected chi connectivity index (χ1v) is 5.28. The Morgan fingerprint density at radius 2 is 1.93 bits per heavy atom. The van der Waals surface area contributed by atoms with Crippen molar-refractivity contribution in [1.82, 2.24) is 4.98 Å². The van der Waals surface area contributed by atoms with Crippen LogP contribution in [0.2, 0.25) is 10.2 Å². The molecule has 0 saturated carbocycles. The predicted octanol–water partition coefficient (Wildman–Crippen LogP) is 3.59. The average molecular weight is 242 g/mol. The highest BCUT2D eigenvalue weighted by molar-refractivity contribution is 6.36. The summed E-state index contributed by atoms with van der Waals surface area (Å²) in [6.45, 7) is 1.68. The van der Waals surface area contributed by atoms with Crippen LogP contribution in [0.5, 0.6) is 0 Å². The summed E-state index contributed by atoms with van der Waals surface area (Å²) in [6.07, 6.45) is -0.586. The van der Waals surface area contributed by atoms with Crippen LogP contribution in [0.4, 0.5) is 0 Å². The molecular formula is C11H9Cl2NO. The van der Waals surface area contributed by atoms with Gasteiger partial charge in [-0.3, -0.25) is 0 Å². The Kier molecular flexibility index (Phi) is 2.83. The van der Waals surface area contributed by atoms with Gasteiger partial charge in [0.15, 0.2) is 0 Å². The van der Waals surface area contributed by atoms with Crippen LogP contribution in [0.3, 0.4) is 0 Å². The van der Waals surface area contributed by atoms with Gasteiger partial charge in [-0.1, -0.05) is 29.3 Å².